The van der Waals surface area contributed by atoms with Crippen molar-refractivity contribution < 1.29 is 13.9 Å². The third kappa shape index (κ3) is 3.59. The molecular formula is C19H20FNO2. The summed E-state index contributed by atoms with van der Waals surface area (Å²) in [5, 5.41) is 0. The summed E-state index contributed by atoms with van der Waals surface area (Å²) in [5.74, 6) is -0.266. The van der Waals surface area contributed by atoms with E-state index in [0.29, 0.717) is 18.7 Å². The SMILES string of the molecule is Cc1ccc(C(=O)N2CC(C)OC(c3ccc(F)cc3)C2)cc1. The van der Waals surface area contributed by atoms with Gasteiger partial charge in [0.25, 0.3) is 5.91 Å². The molecule has 23 heavy (non-hydrogen) atoms. The molecule has 1 fully saturated rings. The number of amides is 1. The normalized spacial score (nSPS) is 21.3. The van der Waals surface area contributed by atoms with Gasteiger partial charge in [0.15, 0.2) is 0 Å². The molecule has 0 saturated carbocycles. The Labute approximate surface area is 135 Å². The smallest absolute Gasteiger partial charge is 0.254 e. The minimum Gasteiger partial charge on any atom is -0.367 e. The number of ether oxygens (including phenoxy) is 1. The fraction of sp³-hybridized carbons (Fsp3) is 0.316. The lowest BCUT2D eigenvalue weighted by molar-refractivity contribution is -0.0691. The Hall–Kier alpha value is -2.20. The van der Waals surface area contributed by atoms with Gasteiger partial charge in [-0.05, 0) is 43.7 Å². The van der Waals surface area contributed by atoms with E-state index in [-0.39, 0.29) is 23.9 Å². The average Bonchev–Trinajstić information content (AvgIpc) is 2.55. The number of carbonyl (C=O) groups is 1. The summed E-state index contributed by atoms with van der Waals surface area (Å²) in [4.78, 5) is 14.5. The maximum absolute atomic E-state index is 13.1. The van der Waals surface area contributed by atoms with Crippen LogP contribution >= 0.6 is 0 Å². The van der Waals surface area contributed by atoms with Gasteiger partial charge in [0, 0.05) is 12.1 Å². The third-order valence-electron chi connectivity index (χ3n) is 4.09. The molecule has 2 aromatic rings. The van der Waals surface area contributed by atoms with Crippen LogP contribution in [0.15, 0.2) is 48.5 Å². The molecule has 2 unspecified atom stereocenters. The van der Waals surface area contributed by atoms with Crippen molar-refractivity contribution in [1.82, 2.24) is 4.90 Å². The first-order chi connectivity index (χ1) is 11.0. The van der Waals surface area contributed by atoms with E-state index in [0.717, 1.165) is 11.1 Å². The molecule has 0 aliphatic carbocycles. The van der Waals surface area contributed by atoms with E-state index in [9.17, 15) is 9.18 Å². The number of hydrogen-bond acceptors (Lipinski definition) is 2. The van der Waals surface area contributed by atoms with E-state index in [1.807, 2.05) is 43.0 Å². The third-order valence-corrected chi connectivity index (χ3v) is 4.09. The lowest BCUT2D eigenvalue weighted by atomic mass is 10.0. The standard InChI is InChI=1S/C19H20FNO2/c1-13-3-5-16(6-4-13)19(22)21-11-14(2)23-18(12-21)15-7-9-17(20)10-8-15/h3-10,14,18H,11-12H2,1-2H3. The minimum atomic E-state index is -0.273. The van der Waals surface area contributed by atoms with Crippen LogP contribution in [-0.4, -0.2) is 30.0 Å². The molecule has 4 heteroatoms. The van der Waals surface area contributed by atoms with Crippen LogP contribution in [0.25, 0.3) is 0 Å². The van der Waals surface area contributed by atoms with Crippen LogP contribution in [0.2, 0.25) is 0 Å². The van der Waals surface area contributed by atoms with E-state index >= 15 is 0 Å². The zero-order valence-electron chi connectivity index (χ0n) is 13.3. The quantitative estimate of drug-likeness (QED) is 0.845. The summed E-state index contributed by atoms with van der Waals surface area (Å²) in [7, 11) is 0. The zero-order valence-corrected chi connectivity index (χ0v) is 13.3. The number of rotatable bonds is 2. The van der Waals surface area contributed by atoms with Crippen LogP contribution in [0.5, 0.6) is 0 Å². The molecule has 1 amide bonds. The Morgan fingerprint density at radius 2 is 1.74 bits per heavy atom. The molecule has 0 radical (unpaired) electrons. The predicted octanol–water partition coefficient (Wildman–Crippen LogP) is 3.74. The number of benzene rings is 2. The van der Waals surface area contributed by atoms with Crippen LogP contribution in [0.3, 0.4) is 0 Å². The van der Waals surface area contributed by atoms with E-state index in [1.165, 1.54) is 12.1 Å². The van der Waals surface area contributed by atoms with Crippen LogP contribution < -0.4 is 0 Å². The van der Waals surface area contributed by atoms with Gasteiger partial charge in [-0.25, -0.2) is 4.39 Å². The molecule has 3 rings (SSSR count). The summed E-state index contributed by atoms with van der Waals surface area (Å²) >= 11 is 0. The highest BCUT2D eigenvalue weighted by Crippen LogP contribution is 2.26. The van der Waals surface area contributed by atoms with E-state index < -0.39 is 0 Å². The average molecular weight is 313 g/mol. The number of halogens is 1. The van der Waals surface area contributed by atoms with Gasteiger partial charge >= 0.3 is 0 Å². The van der Waals surface area contributed by atoms with Crippen molar-refractivity contribution in [2.75, 3.05) is 13.1 Å². The summed E-state index contributed by atoms with van der Waals surface area (Å²) in [6, 6.07) is 13.9. The number of hydrogen-bond donors (Lipinski definition) is 0. The van der Waals surface area contributed by atoms with Crippen molar-refractivity contribution in [3.8, 4) is 0 Å². The van der Waals surface area contributed by atoms with Crippen LogP contribution in [0.4, 0.5) is 4.39 Å². The molecule has 0 N–H and O–H groups in total. The highest BCUT2D eigenvalue weighted by Gasteiger charge is 2.29. The van der Waals surface area contributed by atoms with Crippen LogP contribution in [0, 0.1) is 12.7 Å². The van der Waals surface area contributed by atoms with Gasteiger partial charge in [-0.15, -0.1) is 0 Å². The molecule has 0 aromatic heterocycles. The van der Waals surface area contributed by atoms with Crippen molar-refractivity contribution in [1.29, 1.82) is 0 Å². The van der Waals surface area contributed by atoms with Gasteiger partial charge in [-0.2, -0.15) is 0 Å². The Morgan fingerprint density at radius 3 is 2.39 bits per heavy atom. The molecule has 0 spiro atoms. The number of carbonyl (C=O) groups excluding carboxylic acids is 1. The van der Waals surface area contributed by atoms with Gasteiger partial charge in [-0.1, -0.05) is 29.8 Å². The molecule has 1 heterocycles. The van der Waals surface area contributed by atoms with Gasteiger partial charge in [0.2, 0.25) is 0 Å². The van der Waals surface area contributed by atoms with E-state index in [4.69, 9.17) is 4.74 Å². The second-order valence-corrected chi connectivity index (χ2v) is 6.06. The van der Waals surface area contributed by atoms with Gasteiger partial charge in [0.05, 0.1) is 12.6 Å². The van der Waals surface area contributed by atoms with Crippen molar-refractivity contribution >= 4 is 5.91 Å². The summed E-state index contributed by atoms with van der Waals surface area (Å²) < 4.78 is 19.0. The van der Waals surface area contributed by atoms with Gasteiger partial charge in [-0.3, -0.25) is 4.79 Å². The molecule has 0 bridgehead atoms. The topological polar surface area (TPSA) is 29.5 Å². The fourth-order valence-corrected chi connectivity index (χ4v) is 2.86. The lowest BCUT2D eigenvalue weighted by Crippen LogP contribution is -2.45. The minimum absolute atomic E-state index is 0.00672. The number of nitrogens with zero attached hydrogens (tertiary/aromatic N) is 1. The molecule has 1 aliphatic rings. The highest BCUT2D eigenvalue weighted by atomic mass is 19.1. The lowest BCUT2D eigenvalue weighted by Gasteiger charge is -2.37. The number of aryl methyl sites for hydroxylation is 1. The second kappa shape index (κ2) is 6.50. The molecule has 120 valence electrons. The monoisotopic (exact) mass is 313 g/mol. The Kier molecular flexibility index (Phi) is 4.44. The second-order valence-electron chi connectivity index (χ2n) is 6.06. The molecule has 1 aliphatic heterocycles. The Bertz CT molecular complexity index is 682. The maximum Gasteiger partial charge on any atom is 0.254 e. The highest BCUT2D eigenvalue weighted by molar-refractivity contribution is 5.94. The summed E-state index contributed by atoms with van der Waals surface area (Å²) in [5.41, 5.74) is 2.70. The first-order valence-corrected chi connectivity index (χ1v) is 7.80. The van der Waals surface area contributed by atoms with E-state index in [1.54, 1.807) is 12.1 Å². The Morgan fingerprint density at radius 1 is 1.09 bits per heavy atom. The number of morpholine rings is 1. The predicted molar refractivity (Wildman–Crippen MR) is 86.8 cm³/mol. The summed E-state index contributed by atoms with van der Waals surface area (Å²) in [6.07, 6.45) is -0.290. The largest absolute Gasteiger partial charge is 0.367 e. The molecule has 2 atom stereocenters. The van der Waals surface area contributed by atoms with Crippen molar-refractivity contribution in [3.05, 3.63) is 71.0 Å². The van der Waals surface area contributed by atoms with Crippen LogP contribution in [-0.2, 0) is 4.74 Å². The molecular weight excluding hydrogens is 293 g/mol. The van der Waals surface area contributed by atoms with Crippen molar-refractivity contribution in [3.63, 3.8) is 0 Å². The van der Waals surface area contributed by atoms with Crippen molar-refractivity contribution in [2.24, 2.45) is 0 Å². The molecule has 3 nitrogen and oxygen atoms in total. The Balaban J connectivity index is 1.78. The van der Waals surface area contributed by atoms with Gasteiger partial charge in [0.1, 0.15) is 11.9 Å². The maximum atomic E-state index is 13.1. The molecule has 1 saturated heterocycles. The first kappa shape index (κ1) is 15.7. The fourth-order valence-electron chi connectivity index (χ4n) is 2.86. The summed E-state index contributed by atoms with van der Waals surface area (Å²) in [6.45, 7) is 4.98. The van der Waals surface area contributed by atoms with Crippen LogP contribution in [0.1, 0.15) is 34.5 Å². The first-order valence-electron chi connectivity index (χ1n) is 7.80. The van der Waals surface area contributed by atoms with Gasteiger partial charge < -0.3 is 9.64 Å². The van der Waals surface area contributed by atoms with Crippen molar-refractivity contribution in [2.45, 2.75) is 26.1 Å². The molecule has 2 aromatic carbocycles. The van der Waals surface area contributed by atoms with E-state index in [2.05, 4.69) is 0 Å². The zero-order chi connectivity index (χ0) is 16.4.